The average Bonchev–Trinajstić information content (AvgIpc) is 2.49. The Labute approximate surface area is 114 Å². The van der Waals surface area contributed by atoms with Crippen molar-refractivity contribution in [3.05, 3.63) is 59.3 Å². The first-order valence-corrected chi connectivity index (χ1v) is 6.72. The van der Waals surface area contributed by atoms with Gasteiger partial charge in [-0.2, -0.15) is 0 Å². The molecule has 1 atom stereocenters. The summed E-state index contributed by atoms with van der Waals surface area (Å²) in [6, 6.07) is 0. The van der Waals surface area contributed by atoms with E-state index in [0.29, 0.717) is 6.61 Å². The Morgan fingerprint density at radius 3 is 2.89 bits per heavy atom. The van der Waals surface area contributed by atoms with E-state index in [-0.39, 0.29) is 11.4 Å². The first-order valence-electron chi connectivity index (χ1n) is 6.72. The zero-order chi connectivity index (χ0) is 13.9. The van der Waals surface area contributed by atoms with Crippen LogP contribution < -0.4 is 0 Å². The Morgan fingerprint density at radius 1 is 1.42 bits per heavy atom. The first kappa shape index (κ1) is 13.6. The topological polar surface area (TPSA) is 26.3 Å². The third kappa shape index (κ3) is 2.48. The second-order valence-corrected chi connectivity index (χ2v) is 5.04. The largest absolute Gasteiger partial charge is 0.463 e. The lowest BCUT2D eigenvalue weighted by molar-refractivity contribution is -0.139. The van der Waals surface area contributed by atoms with Gasteiger partial charge in [0.2, 0.25) is 0 Å². The van der Waals surface area contributed by atoms with Gasteiger partial charge in [-0.1, -0.05) is 49.5 Å². The number of esters is 1. The summed E-state index contributed by atoms with van der Waals surface area (Å²) in [7, 11) is 0. The molecular weight excluding hydrogens is 236 g/mol. The average molecular weight is 256 g/mol. The number of ether oxygens (including phenoxy) is 1. The highest BCUT2D eigenvalue weighted by Crippen LogP contribution is 2.48. The van der Waals surface area contributed by atoms with Crippen LogP contribution in [0.15, 0.2) is 59.3 Å². The molecule has 19 heavy (non-hydrogen) atoms. The number of rotatable bonds is 3. The van der Waals surface area contributed by atoms with Gasteiger partial charge in [0.1, 0.15) is 0 Å². The van der Waals surface area contributed by atoms with Gasteiger partial charge in [-0.3, -0.25) is 0 Å². The quantitative estimate of drug-likeness (QED) is 0.565. The minimum atomic E-state index is -0.266. The van der Waals surface area contributed by atoms with Gasteiger partial charge in [0.25, 0.3) is 0 Å². The molecule has 2 nitrogen and oxygen atoms in total. The van der Waals surface area contributed by atoms with E-state index in [1.54, 1.807) is 0 Å². The molecule has 0 amide bonds. The molecule has 0 saturated carbocycles. The van der Waals surface area contributed by atoms with Crippen molar-refractivity contribution < 1.29 is 9.53 Å². The summed E-state index contributed by atoms with van der Waals surface area (Å²) >= 11 is 0. The van der Waals surface area contributed by atoms with Gasteiger partial charge in [-0.25, -0.2) is 4.79 Å². The molecule has 1 unspecified atom stereocenters. The molecule has 0 aromatic heterocycles. The van der Waals surface area contributed by atoms with Crippen LogP contribution in [0.1, 0.15) is 27.2 Å². The lowest BCUT2D eigenvalue weighted by atomic mass is 9.82. The van der Waals surface area contributed by atoms with Crippen LogP contribution in [0.25, 0.3) is 0 Å². The number of hydrogen-bond donors (Lipinski definition) is 0. The lowest BCUT2D eigenvalue weighted by Crippen LogP contribution is -2.21. The summed E-state index contributed by atoms with van der Waals surface area (Å²) < 4.78 is 5.25. The zero-order valence-corrected chi connectivity index (χ0v) is 11.8. The van der Waals surface area contributed by atoms with E-state index in [1.807, 2.05) is 44.2 Å². The Morgan fingerprint density at radius 2 is 2.21 bits per heavy atom. The van der Waals surface area contributed by atoms with Crippen molar-refractivity contribution >= 4 is 5.97 Å². The second kappa shape index (κ2) is 5.43. The summed E-state index contributed by atoms with van der Waals surface area (Å²) in [6.45, 7) is 6.32. The summed E-state index contributed by atoms with van der Waals surface area (Å²) in [5.41, 5.74) is 2.73. The monoisotopic (exact) mass is 256 g/mol. The molecule has 2 heteroatoms. The molecule has 0 fully saturated rings. The summed E-state index contributed by atoms with van der Waals surface area (Å²) in [5, 5.41) is 0. The van der Waals surface area contributed by atoms with E-state index in [2.05, 4.69) is 19.1 Å². The Bertz CT molecular complexity index is 529. The van der Waals surface area contributed by atoms with Crippen molar-refractivity contribution in [1.82, 2.24) is 0 Å². The van der Waals surface area contributed by atoms with E-state index in [9.17, 15) is 4.79 Å². The predicted molar refractivity (Wildman–Crippen MR) is 77.6 cm³/mol. The minimum Gasteiger partial charge on any atom is -0.463 e. The fourth-order valence-corrected chi connectivity index (χ4v) is 2.83. The number of fused-ring (bicyclic) bond motifs is 1. The van der Waals surface area contributed by atoms with Crippen LogP contribution in [0.2, 0.25) is 0 Å². The molecule has 0 heterocycles. The van der Waals surface area contributed by atoms with Crippen molar-refractivity contribution in [3.63, 3.8) is 0 Å². The Kier molecular flexibility index (Phi) is 3.89. The van der Waals surface area contributed by atoms with Crippen LogP contribution in [-0.2, 0) is 9.53 Å². The smallest absolute Gasteiger partial charge is 0.335 e. The second-order valence-electron chi connectivity index (χ2n) is 5.04. The molecule has 2 aliphatic carbocycles. The van der Waals surface area contributed by atoms with Crippen molar-refractivity contribution in [1.29, 1.82) is 0 Å². The van der Waals surface area contributed by atoms with Crippen LogP contribution in [0, 0.1) is 5.41 Å². The van der Waals surface area contributed by atoms with E-state index in [1.165, 1.54) is 5.57 Å². The maximum absolute atomic E-state index is 12.3. The zero-order valence-electron chi connectivity index (χ0n) is 11.8. The Balaban J connectivity index is 2.55. The maximum atomic E-state index is 12.3. The number of allylic oxidation sites excluding steroid dienone is 9. The van der Waals surface area contributed by atoms with Gasteiger partial charge in [-0.05, 0) is 31.4 Å². The van der Waals surface area contributed by atoms with E-state index < -0.39 is 0 Å². The SMILES string of the molecule is C/C=C/C1(C)CC2=CC=CC=CC2=C1C(=O)OCC. The van der Waals surface area contributed by atoms with E-state index in [0.717, 1.165) is 17.6 Å². The predicted octanol–water partition coefficient (Wildman–Crippen LogP) is 3.88. The maximum Gasteiger partial charge on any atom is 0.335 e. The van der Waals surface area contributed by atoms with Crippen LogP contribution in [-0.4, -0.2) is 12.6 Å². The Hall–Kier alpha value is -1.83. The van der Waals surface area contributed by atoms with Gasteiger partial charge >= 0.3 is 5.97 Å². The summed E-state index contributed by atoms with van der Waals surface area (Å²) in [6.07, 6.45) is 15.0. The first-order chi connectivity index (χ1) is 9.12. The van der Waals surface area contributed by atoms with Crippen molar-refractivity contribution in [2.45, 2.75) is 27.2 Å². The fourth-order valence-electron chi connectivity index (χ4n) is 2.83. The molecule has 2 aliphatic rings. The highest BCUT2D eigenvalue weighted by atomic mass is 16.5. The van der Waals surface area contributed by atoms with Gasteiger partial charge in [0.15, 0.2) is 0 Å². The van der Waals surface area contributed by atoms with E-state index in [4.69, 9.17) is 4.74 Å². The fraction of sp³-hybridized carbons (Fsp3) is 0.353. The molecule has 0 radical (unpaired) electrons. The van der Waals surface area contributed by atoms with Crippen molar-refractivity contribution in [2.24, 2.45) is 5.41 Å². The standard InChI is InChI=1S/C17H20O2/c1-4-11-17(3)12-13-9-7-6-8-10-14(13)15(17)16(18)19-5-2/h4,6-11H,5,12H2,1-3H3/b11-4+. The number of hydrogen-bond acceptors (Lipinski definition) is 2. The van der Waals surface area contributed by atoms with Gasteiger partial charge in [0, 0.05) is 5.41 Å². The summed E-state index contributed by atoms with van der Waals surface area (Å²) in [4.78, 5) is 12.3. The third-order valence-corrected chi connectivity index (χ3v) is 3.54. The van der Waals surface area contributed by atoms with Gasteiger partial charge in [0.05, 0.1) is 12.2 Å². The van der Waals surface area contributed by atoms with Crippen molar-refractivity contribution in [2.75, 3.05) is 6.61 Å². The highest BCUT2D eigenvalue weighted by molar-refractivity contribution is 5.94. The molecule has 0 aromatic carbocycles. The van der Waals surface area contributed by atoms with E-state index >= 15 is 0 Å². The van der Waals surface area contributed by atoms with Crippen LogP contribution >= 0.6 is 0 Å². The lowest BCUT2D eigenvalue weighted by Gasteiger charge is -2.22. The normalized spacial score (nSPS) is 25.5. The van der Waals surface area contributed by atoms with Gasteiger partial charge < -0.3 is 4.74 Å². The molecule has 0 saturated heterocycles. The molecule has 0 bridgehead atoms. The third-order valence-electron chi connectivity index (χ3n) is 3.54. The van der Waals surface area contributed by atoms with Gasteiger partial charge in [-0.15, -0.1) is 0 Å². The van der Waals surface area contributed by atoms with Crippen LogP contribution in [0.5, 0.6) is 0 Å². The molecule has 2 rings (SSSR count). The highest BCUT2D eigenvalue weighted by Gasteiger charge is 2.41. The van der Waals surface area contributed by atoms with Crippen molar-refractivity contribution in [3.8, 4) is 0 Å². The van der Waals surface area contributed by atoms with Crippen LogP contribution in [0.3, 0.4) is 0 Å². The minimum absolute atomic E-state index is 0.201. The molecule has 0 spiro atoms. The molecule has 0 aliphatic heterocycles. The van der Waals surface area contributed by atoms with Crippen LogP contribution in [0.4, 0.5) is 0 Å². The molecule has 0 aromatic rings. The number of carbonyl (C=O) groups excluding carboxylic acids is 1. The number of carbonyl (C=O) groups is 1. The summed E-state index contributed by atoms with van der Waals surface area (Å²) in [5.74, 6) is -0.201. The molecular formula is C17H20O2. The molecule has 0 N–H and O–H groups in total. The molecule has 100 valence electrons.